The van der Waals surface area contributed by atoms with Crippen molar-refractivity contribution in [2.24, 2.45) is 5.92 Å². The lowest BCUT2D eigenvalue weighted by Gasteiger charge is -2.18. The zero-order chi connectivity index (χ0) is 26.1. The fourth-order valence-electron chi connectivity index (χ4n) is 3.70. The Labute approximate surface area is 210 Å². The van der Waals surface area contributed by atoms with Gasteiger partial charge in [-0.1, -0.05) is 49.3 Å². The second-order valence-corrected chi connectivity index (χ2v) is 9.13. The number of nitrogens with one attached hydrogen (secondary N) is 3. The Kier molecular flexibility index (Phi) is 9.21. The molecule has 36 heavy (non-hydrogen) atoms. The number of aliphatic carboxylic acids is 1. The summed E-state index contributed by atoms with van der Waals surface area (Å²) in [7, 11) is 0. The van der Waals surface area contributed by atoms with Gasteiger partial charge in [0.05, 0.1) is 18.9 Å². The Balaban J connectivity index is 1.56. The number of carboxylic acid groups (broad SMARTS) is 1. The molecule has 1 aromatic heterocycles. The van der Waals surface area contributed by atoms with E-state index in [4.69, 9.17) is 9.63 Å². The van der Waals surface area contributed by atoms with Gasteiger partial charge in [0, 0.05) is 23.9 Å². The largest absolute Gasteiger partial charge is 0.481 e. The molecule has 9 nitrogen and oxygen atoms in total. The molecule has 0 saturated carbocycles. The maximum Gasteiger partial charge on any atom is 0.323 e. The molecule has 0 aliphatic rings. The van der Waals surface area contributed by atoms with E-state index in [-0.39, 0.29) is 37.2 Å². The van der Waals surface area contributed by atoms with Gasteiger partial charge < -0.3 is 25.6 Å². The summed E-state index contributed by atoms with van der Waals surface area (Å²) >= 11 is 0. The van der Waals surface area contributed by atoms with Gasteiger partial charge in [-0.2, -0.15) is 0 Å². The van der Waals surface area contributed by atoms with Crippen molar-refractivity contribution in [2.45, 2.75) is 52.5 Å². The molecule has 4 N–H and O–H groups in total. The Morgan fingerprint density at radius 3 is 2.42 bits per heavy atom. The van der Waals surface area contributed by atoms with E-state index in [2.05, 4.69) is 21.1 Å². The average Bonchev–Trinajstić information content (AvgIpc) is 3.29. The standard InChI is InChI=1S/C27H32N4O5/c1-17(2)14-23(24-16-21(36-31-24)12-13-26(33)34)29-25(32)15-19-8-10-20(11-9-19)28-27(35)30-22-7-5-4-6-18(22)3/h4-11,16-17,23H,12-15H2,1-3H3,(H,29,32)(H,33,34)(H2,28,30,35)/t23-/m0/s1. The number of aromatic nitrogens is 1. The number of anilines is 2. The minimum absolute atomic E-state index is 0.0474. The molecule has 0 aliphatic heterocycles. The van der Waals surface area contributed by atoms with Crippen LogP contribution < -0.4 is 16.0 Å². The van der Waals surface area contributed by atoms with Gasteiger partial charge in [0.1, 0.15) is 11.5 Å². The number of hydrogen-bond donors (Lipinski definition) is 4. The number of carbonyl (C=O) groups excluding carboxylic acids is 2. The van der Waals surface area contributed by atoms with Gasteiger partial charge >= 0.3 is 12.0 Å². The zero-order valence-electron chi connectivity index (χ0n) is 20.7. The number of rotatable bonds is 11. The monoisotopic (exact) mass is 492 g/mol. The van der Waals surface area contributed by atoms with E-state index in [9.17, 15) is 14.4 Å². The first kappa shape index (κ1) is 26.5. The van der Waals surface area contributed by atoms with Crippen LogP contribution >= 0.6 is 0 Å². The number of benzene rings is 2. The highest BCUT2D eigenvalue weighted by atomic mass is 16.5. The number of urea groups is 1. The van der Waals surface area contributed by atoms with Crippen molar-refractivity contribution in [2.75, 3.05) is 10.6 Å². The molecule has 0 spiro atoms. The third-order valence-electron chi connectivity index (χ3n) is 5.53. The van der Waals surface area contributed by atoms with E-state index in [1.54, 1.807) is 30.3 Å². The highest BCUT2D eigenvalue weighted by Crippen LogP contribution is 2.22. The molecule has 9 heteroatoms. The molecule has 190 valence electrons. The van der Waals surface area contributed by atoms with Crippen molar-refractivity contribution < 1.29 is 24.0 Å². The van der Waals surface area contributed by atoms with Crippen LogP contribution in [0.1, 0.15) is 55.3 Å². The van der Waals surface area contributed by atoms with E-state index >= 15 is 0 Å². The van der Waals surface area contributed by atoms with E-state index in [1.165, 1.54) is 0 Å². The van der Waals surface area contributed by atoms with Crippen LogP contribution in [-0.4, -0.2) is 28.2 Å². The summed E-state index contributed by atoms with van der Waals surface area (Å²) in [6, 6.07) is 15.6. The van der Waals surface area contributed by atoms with Gasteiger partial charge in [-0.15, -0.1) is 0 Å². The second-order valence-electron chi connectivity index (χ2n) is 9.13. The number of aryl methyl sites for hydroxylation is 2. The smallest absolute Gasteiger partial charge is 0.323 e. The summed E-state index contributed by atoms with van der Waals surface area (Å²) in [5.41, 5.74) is 3.69. The molecule has 0 saturated heterocycles. The summed E-state index contributed by atoms with van der Waals surface area (Å²) in [5.74, 6) is -0.308. The van der Waals surface area contributed by atoms with E-state index in [0.29, 0.717) is 29.5 Å². The van der Waals surface area contributed by atoms with Crippen LogP contribution in [-0.2, 0) is 22.4 Å². The lowest BCUT2D eigenvalue weighted by Crippen LogP contribution is -2.31. The van der Waals surface area contributed by atoms with Crippen LogP contribution in [0.4, 0.5) is 16.2 Å². The molecule has 0 fully saturated rings. The predicted octanol–water partition coefficient (Wildman–Crippen LogP) is 5.09. The van der Waals surface area contributed by atoms with Crippen LogP contribution in [0.5, 0.6) is 0 Å². The Hall–Kier alpha value is -4.14. The number of carboxylic acids is 1. The summed E-state index contributed by atoms with van der Waals surface area (Å²) in [5, 5.41) is 21.5. The van der Waals surface area contributed by atoms with Crippen LogP contribution in [0.3, 0.4) is 0 Å². The van der Waals surface area contributed by atoms with Crippen molar-refractivity contribution in [3.63, 3.8) is 0 Å². The molecule has 0 unspecified atom stereocenters. The maximum atomic E-state index is 12.8. The summed E-state index contributed by atoms with van der Waals surface area (Å²) in [4.78, 5) is 35.9. The first-order valence-corrected chi connectivity index (χ1v) is 11.9. The molecular formula is C27H32N4O5. The zero-order valence-corrected chi connectivity index (χ0v) is 20.7. The third-order valence-corrected chi connectivity index (χ3v) is 5.53. The average molecular weight is 493 g/mol. The minimum Gasteiger partial charge on any atom is -0.481 e. The third kappa shape index (κ3) is 8.26. The maximum absolute atomic E-state index is 12.8. The molecule has 3 rings (SSSR count). The predicted molar refractivity (Wildman–Crippen MR) is 137 cm³/mol. The fraction of sp³-hybridized carbons (Fsp3) is 0.333. The van der Waals surface area contributed by atoms with Crippen LogP contribution in [0.2, 0.25) is 0 Å². The molecule has 3 amide bonds. The summed E-state index contributed by atoms with van der Waals surface area (Å²) in [6.45, 7) is 6.01. The van der Waals surface area contributed by atoms with Crippen LogP contribution in [0.25, 0.3) is 0 Å². The second kappa shape index (κ2) is 12.5. The van der Waals surface area contributed by atoms with E-state index in [0.717, 1.165) is 16.8 Å². The number of carbonyl (C=O) groups is 3. The van der Waals surface area contributed by atoms with Crippen LogP contribution in [0.15, 0.2) is 59.1 Å². The van der Waals surface area contributed by atoms with Crippen molar-refractivity contribution in [3.8, 4) is 0 Å². The molecule has 1 atom stereocenters. The van der Waals surface area contributed by atoms with Crippen LogP contribution in [0, 0.1) is 12.8 Å². The quantitative estimate of drug-likeness (QED) is 0.295. The number of hydrogen-bond acceptors (Lipinski definition) is 5. The SMILES string of the molecule is Cc1ccccc1NC(=O)Nc1ccc(CC(=O)N[C@@H](CC(C)C)c2cc(CCC(=O)O)on2)cc1. The lowest BCUT2D eigenvalue weighted by atomic mass is 10.00. The Morgan fingerprint density at radius 2 is 1.75 bits per heavy atom. The fourth-order valence-corrected chi connectivity index (χ4v) is 3.70. The van der Waals surface area contributed by atoms with Gasteiger partial charge in [0.25, 0.3) is 0 Å². The Bertz CT molecular complexity index is 1190. The number of nitrogens with zero attached hydrogens (tertiary/aromatic N) is 1. The molecule has 0 aliphatic carbocycles. The molecule has 0 bridgehead atoms. The highest BCUT2D eigenvalue weighted by molar-refractivity contribution is 6.00. The van der Waals surface area contributed by atoms with Gasteiger partial charge in [0.2, 0.25) is 5.91 Å². The van der Waals surface area contributed by atoms with Crippen molar-refractivity contribution in [3.05, 3.63) is 77.2 Å². The summed E-state index contributed by atoms with van der Waals surface area (Å²) < 4.78 is 5.26. The van der Waals surface area contributed by atoms with Gasteiger partial charge in [-0.3, -0.25) is 9.59 Å². The molecule has 3 aromatic rings. The minimum atomic E-state index is -0.909. The summed E-state index contributed by atoms with van der Waals surface area (Å²) in [6.07, 6.45) is 1.02. The van der Waals surface area contributed by atoms with Crippen molar-refractivity contribution in [1.82, 2.24) is 10.5 Å². The molecule has 0 radical (unpaired) electrons. The molecular weight excluding hydrogens is 460 g/mol. The molecule has 1 heterocycles. The van der Waals surface area contributed by atoms with Crippen molar-refractivity contribution in [1.29, 1.82) is 0 Å². The Morgan fingerprint density at radius 1 is 1.03 bits per heavy atom. The van der Waals surface area contributed by atoms with Gasteiger partial charge in [0.15, 0.2) is 0 Å². The molecule has 2 aromatic carbocycles. The lowest BCUT2D eigenvalue weighted by molar-refractivity contribution is -0.137. The topological polar surface area (TPSA) is 134 Å². The van der Waals surface area contributed by atoms with Crippen molar-refractivity contribution >= 4 is 29.3 Å². The highest BCUT2D eigenvalue weighted by Gasteiger charge is 2.21. The van der Waals surface area contributed by atoms with E-state index in [1.807, 2.05) is 45.0 Å². The first-order chi connectivity index (χ1) is 17.2. The van der Waals surface area contributed by atoms with E-state index < -0.39 is 5.97 Å². The van der Waals surface area contributed by atoms with Gasteiger partial charge in [-0.25, -0.2) is 4.79 Å². The first-order valence-electron chi connectivity index (χ1n) is 11.9. The normalized spacial score (nSPS) is 11.7. The van der Waals surface area contributed by atoms with Gasteiger partial charge in [-0.05, 0) is 48.6 Å². The number of para-hydroxylation sites is 1. The number of amides is 3.